The molecule has 0 radical (unpaired) electrons. The minimum absolute atomic E-state index is 0.0882. The van der Waals surface area contributed by atoms with Crippen LogP contribution in [0.15, 0.2) is 59.8 Å². The largest absolute Gasteiger partial charge is 0.358 e. The zero-order chi connectivity index (χ0) is 18.1. The fourth-order valence-corrected chi connectivity index (χ4v) is 4.02. The van der Waals surface area contributed by atoms with Crippen molar-refractivity contribution < 1.29 is 4.79 Å². The molecule has 1 N–H and O–H groups in total. The van der Waals surface area contributed by atoms with Crippen molar-refractivity contribution in [2.75, 3.05) is 5.75 Å². The van der Waals surface area contributed by atoms with E-state index in [-0.39, 0.29) is 5.78 Å². The number of thioether (sulfide) groups is 1. The Labute approximate surface area is 155 Å². The first-order valence-corrected chi connectivity index (χ1v) is 9.34. The molecule has 0 aliphatic rings. The zero-order valence-electron chi connectivity index (χ0n) is 14.6. The maximum atomic E-state index is 12.9. The first kappa shape index (κ1) is 16.6. The van der Waals surface area contributed by atoms with Gasteiger partial charge in [0, 0.05) is 27.8 Å². The van der Waals surface area contributed by atoms with E-state index < -0.39 is 0 Å². The van der Waals surface area contributed by atoms with Gasteiger partial charge in [0.25, 0.3) is 0 Å². The highest BCUT2D eigenvalue weighted by Crippen LogP contribution is 2.26. The zero-order valence-corrected chi connectivity index (χ0v) is 15.4. The van der Waals surface area contributed by atoms with Gasteiger partial charge < -0.3 is 4.98 Å². The van der Waals surface area contributed by atoms with Crippen LogP contribution in [0.1, 0.15) is 21.9 Å². The third kappa shape index (κ3) is 2.93. The van der Waals surface area contributed by atoms with Crippen LogP contribution in [-0.4, -0.2) is 31.3 Å². The quantitative estimate of drug-likeness (QED) is 0.424. The lowest BCUT2D eigenvalue weighted by Crippen LogP contribution is -2.06. The molecule has 0 atom stereocenters. The molecule has 0 amide bonds. The molecule has 0 bridgehead atoms. The number of carbonyl (C=O) groups excluding carboxylic acids is 1. The van der Waals surface area contributed by atoms with Crippen LogP contribution in [0.3, 0.4) is 0 Å². The summed E-state index contributed by atoms with van der Waals surface area (Å²) in [6.45, 7) is 3.85. The standard InChI is InChI=1S/C20H18N4OS/c1-13-19(16-10-6-7-11-17(16)21-13)18(25)12-26-20-23-22-14(2)24(20)15-8-4-3-5-9-15/h3-11,21H,12H2,1-2H3. The molecule has 2 heterocycles. The van der Waals surface area contributed by atoms with Crippen molar-refractivity contribution in [3.8, 4) is 5.69 Å². The average Bonchev–Trinajstić information content (AvgIpc) is 3.19. The fraction of sp³-hybridized carbons (Fsp3) is 0.150. The summed E-state index contributed by atoms with van der Waals surface area (Å²) in [6, 6.07) is 17.8. The van der Waals surface area contributed by atoms with Crippen molar-refractivity contribution in [1.29, 1.82) is 0 Å². The highest BCUT2D eigenvalue weighted by Gasteiger charge is 2.18. The number of rotatable bonds is 5. The van der Waals surface area contributed by atoms with Crippen molar-refractivity contribution >= 4 is 28.4 Å². The number of fused-ring (bicyclic) bond motifs is 1. The monoisotopic (exact) mass is 362 g/mol. The Bertz CT molecular complexity index is 1080. The van der Waals surface area contributed by atoms with Crippen LogP contribution >= 0.6 is 11.8 Å². The lowest BCUT2D eigenvalue weighted by Gasteiger charge is -2.08. The lowest BCUT2D eigenvalue weighted by atomic mass is 10.1. The van der Waals surface area contributed by atoms with Gasteiger partial charge in [0.1, 0.15) is 5.82 Å². The molecule has 26 heavy (non-hydrogen) atoms. The van der Waals surface area contributed by atoms with E-state index in [0.717, 1.165) is 38.8 Å². The van der Waals surface area contributed by atoms with Gasteiger partial charge in [-0.25, -0.2) is 0 Å². The predicted octanol–water partition coefficient (Wildman–Crippen LogP) is 4.34. The van der Waals surface area contributed by atoms with E-state index in [4.69, 9.17) is 0 Å². The molecule has 2 aromatic carbocycles. The molecule has 0 spiro atoms. The Morgan fingerprint density at radius 3 is 2.58 bits per heavy atom. The Morgan fingerprint density at radius 2 is 1.77 bits per heavy atom. The Kier molecular flexibility index (Phi) is 4.34. The molecule has 130 valence electrons. The van der Waals surface area contributed by atoms with Crippen LogP contribution < -0.4 is 0 Å². The summed E-state index contributed by atoms with van der Waals surface area (Å²) in [5.74, 6) is 1.20. The summed E-state index contributed by atoms with van der Waals surface area (Å²) in [5, 5.41) is 10.1. The normalized spacial score (nSPS) is 11.2. The van der Waals surface area contributed by atoms with E-state index in [1.165, 1.54) is 11.8 Å². The Morgan fingerprint density at radius 1 is 1.04 bits per heavy atom. The van der Waals surface area contributed by atoms with Crippen LogP contribution in [-0.2, 0) is 0 Å². The molecular formula is C20H18N4OS. The third-order valence-electron chi connectivity index (χ3n) is 4.31. The molecule has 0 aliphatic carbocycles. The lowest BCUT2D eigenvalue weighted by molar-refractivity contribution is 0.102. The maximum absolute atomic E-state index is 12.9. The number of carbonyl (C=O) groups is 1. The molecule has 2 aromatic heterocycles. The minimum atomic E-state index is 0.0882. The van der Waals surface area contributed by atoms with Crippen molar-refractivity contribution in [2.45, 2.75) is 19.0 Å². The summed E-state index contributed by atoms with van der Waals surface area (Å²) < 4.78 is 1.97. The third-order valence-corrected chi connectivity index (χ3v) is 5.24. The second-order valence-corrected chi connectivity index (χ2v) is 7.03. The molecule has 4 rings (SSSR count). The Hall–Kier alpha value is -2.86. The number of hydrogen-bond donors (Lipinski definition) is 1. The topological polar surface area (TPSA) is 63.6 Å². The second kappa shape index (κ2) is 6.80. The van der Waals surface area contributed by atoms with Gasteiger partial charge in [0.05, 0.1) is 5.75 Å². The van der Waals surface area contributed by atoms with Crippen molar-refractivity contribution in [2.24, 2.45) is 0 Å². The minimum Gasteiger partial charge on any atom is -0.358 e. The Balaban J connectivity index is 1.60. The first-order chi connectivity index (χ1) is 12.6. The van der Waals surface area contributed by atoms with Crippen molar-refractivity contribution in [3.05, 3.63) is 71.7 Å². The molecule has 0 saturated heterocycles. The average molecular weight is 362 g/mol. The molecule has 0 saturated carbocycles. The van der Waals surface area contributed by atoms with E-state index >= 15 is 0 Å². The van der Waals surface area contributed by atoms with Gasteiger partial charge >= 0.3 is 0 Å². The fourth-order valence-electron chi connectivity index (χ4n) is 3.15. The molecule has 0 fully saturated rings. The van der Waals surface area contributed by atoms with Crippen LogP contribution in [0.2, 0.25) is 0 Å². The van der Waals surface area contributed by atoms with Gasteiger partial charge in [-0.05, 0) is 32.0 Å². The number of nitrogens with zero attached hydrogens (tertiary/aromatic N) is 3. The van der Waals surface area contributed by atoms with Gasteiger partial charge in [0.2, 0.25) is 0 Å². The van der Waals surface area contributed by atoms with E-state index in [0.29, 0.717) is 5.75 Å². The highest BCUT2D eigenvalue weighted by molar-refractivity contribution is 7.99. The molecule has 0 unspecified atom stereocenters. The van der Waals surface area contributed by atoms with Gasteiger partial charge in [-0.1, -0.05) is 48.2 Å². The first-order valence-electron chi connectivity index (χ1n) is 8.36. The second-order valence-electron chi connectivity index (χ2n) is 6.08. The van der Waals surface area contributed by atoms with Crippen LogP contribution in [0.25, 0.3) is 16.6 Å². The van der Waals surface area contributed by atoms with E-state index in [1.54, 1.807) is 0 Å². The van der Waals surface area contributed by atoms with Crippen molar-refractivity contribution in [3.63, 3.8) is 0 Å². The summed E-state index contributed by atoms with van der Waals surface area (Å²) in [7, 11) is 0. The predicted molar refractivity (Wildman–Crippen MR) is 104 cm³/mol. The number of Topliss-reactive ketones (excluding diaryl/α,β-unsaturated/α-hetero) is 1. The number of aromatic amines is 1. The summed E-state index contributed by atoms with van der Waals surface area (Å²) in [4.78, 5) is 16.2. The van der Waals surface area contributed by atoms with Crippen molar-refractivity contribution in [1.82, 2.24) is 19.7 Å². The van der Waals surface area contributed by atoms with E-state index in [1.807, 2.05) is 73.0 Å². The smallest absolute Gasteiger partial charge is 0.196 e. The van der Waals surface area contributed by atoms with Gasteiger partial charge in [-0.3, -0.25) is 9.36 Å². The molecular weight excluding hydrogens is 344 g/mol. The maximum Gasteiger partial charge on any atom is 0.196 e. The van der Waals surface area contributed by atoms with Gasteiger partial charge in [-0.2, -0.15) is 0 Å². The van der Waals surface area contributed by atoms with Crippen LogP contribution in [0.5, 0.6) is 0 Å². The number of aryl methyl sites for hydroxylation is 2. The summed E-state index contributed by atoms with van der Waals surface area (Å²) in [6.07, 6.45) is 0. The summed E-state index contributed by atoms with van der Waals surface area (Å²) in [5.41, 5.74) is 3.64. The van der Waals surface area contributed by atoms with Gasteiger partial charge in [0.15, 0.2) is 10.9 Å². The molecule has 0 aliphatic heterocycles. The molecule has 4 aromatic rings. The van der Waals surface area contributed by atoms with Crippen LogP contribution in [0, 0.1) is 13.8 Å². The summed E-state index contributed by atoms with van der Waals surface area (Å²) >= 11 is 1.41. The van der Waals surface area contributed by atoms with E-state index in [2.05, 4.69) is 15.2 Å². The SMILES string of the molecule is Cc1[nH]c2ccccc2c1C(=O)CSc1nnc(C)n1-c1ccccc1. The number of aromatic nitrogens is 4. The van der Waals surface area contributed by atoms with Crippen LogP contribution in [0.4, 0.5) is 0 Å². The number of nitrogens with one attached hydrogen (secondary N) is 1. The number of H-pyrrole nitrogens is 1. The molecule has 5 nitrogen and oxygen atoms in total. The number of ketones is 1. The highest BCUT2D eigenvalue weighted by atomic mass is 32.2. The van der Waals surface area contributed by atoms with E-state index in [9.17, 15) is 4.79 Å². The number of para-hydroxylation sites is 2. The number of benzene rings is 2. The molecule has 6 heteroatoms. The van der Waals surface area contributed by atoms with Gasteiger partial charge in [-0.15, -0.1) is 10.2 Å². The number of hydrogen-bond acceptors (Lipinski definition) is 4.